The minimum Gasteiger partial charge on any atom is -0.457 e. The summed E-state index contributed by atoms with van der Waals surface area (Å²) in [6, 6.07) is 18.3. The highest BCUT2D eigenvalue weighted by Crippen LogP contribution is 2.23. The van der Waals surface area contributed by atoms with Crippen molar-refractivity contribution in [2.45, 2.75) is 31.8 Å². The van der Waals surface area contributed by atoms with Crippen molar-refractivity contribution in [3.8, 4) is 11.5 Å². The third kappa shape index (κ3) is 3.61. The van der Waals surface area contributed by atoms with Gasteiger partial charge in [0, 0.05) is 6.61 Å². The van der Waals surface area contributed by atoms with Crippen LogP contribution in [0.5, 0.6) is 11.5 Å². The molecule has 1 saturated heterocycles. The first-order valence-electron chi connectivity index (χ1n) is 7.33. The number of aryl methyl sites for hydroxylation is 1. The van der Waals surface area contributed by atoms with Gasteiger partial charge < -0.3 is 9.47 Å². The topological polar surface area (TPSA) is 18.5 Å². The van der Waals surface area contributed by atoms with E-state index in [-0.39, 0.29) is 0 Å². The molecule has 0 bridgehead atoms. The van der Waals surface area contributed by atoms with Crippen LogP contribution in [0.15, 0.2) is 54.6 Å². The van der Waals surface area contributed by atoms with Gasteiger partial charge in [-0.05, 0) is 55.5 Å². The molecule has 3 rings (SSSR count). The van der Waals surface area contributed by atoms with Crippen LogP contribution < -0.4 is 4.74 Å². The normalized spacial score (nSPS) is 17.5. The molecule has 0 radical (unpaired) electrons. The van der Waals surface area contributed by atoms with E-state index in [9.17, 15) is 0 Å². The molecule has 20 heavy (non-hydrogen) atoms. The smallest absolute Gasteiger partial charge is 0.127 e. The van der Waals surface area contributed by atoms with Gasteiger partial charge in [0.25, 0.3) is 0 Å². The van der Waals surface area contributed by atoms with Crippen LogP contribution in [0.4, 0.5) is 0 Å². The fourth-order valence-electron chi connectivity index (χ4n) is 2.44. The Bertz CT molecular complexity index is 532. The molecule has 1 aliphatic rings. The summed E-state index contributed by atoms with van der Waals surface area (Å²) in [5.41, 5.74) is 1.33. The van der Waals surface area contributed by atoms with Gasteiger partial charge in [-0.15, -0.1) is 0 Å². The van der Waals surface area contributed by atoms with Crippen molar-refractivity contribution < 1.29 is 9.47 Å². The van der Waals surface area contributed by atoms with E-state index in [4.69, 9.17) is 9.47 Å². The van der Waals surface area contributed by atoms with Crippen LogP contribution in [0.2, 0.25) is 0 Å². The van der Waals surface area contributed by atoms with Crippen molar-refractivity contribution in [1.29, 1.82) is 0 Å². The lowest BCUT2D eigenvalue weighted by atomic mass is 10.0. The third-order valence-electron chi connectivity index (χ3n) is 3.66. The predicted molar refractivity (Wildman–Crippen MR) is 80.3 cm³/mol. The van der Waals surface area contributed by atoms with Crippen LogP contribution in [-0.2, 0) is 11.2 Å². The van der Waals surface area contributed by atoms with Gasteiger partial charge >= 0.3 is 0 Å². The molecule has 2 aromatic carbocycles. The molecular formula is C18H20O2. The second-order valence-corrected chi connectivity index (χ2v) is 5.24. The molecule has 0 aromatic heterocycles. The van der Waals surface area contributed by atoms with Crippen molar-refractivity contribution >= 4 is 0 Å². The number of ether oxygens (including phenoxy) is 2. The van der Waals surface area contributed by atoms with Gasteiger partial charge in [0.15, 0.2) is 0 Å². The summed E-state index contributed by atoms with van der Waals surface area (Å²) >= 11 is 0. The van der Waals surface area contributed by atoms with E-state index >= 15 is 0 Å². The predicted octanol–water partition coefficient (Wildman–Crippen LogP) is 4.59. The van der Waals surface area contributed by atoms with Crippen molar-refractivity contribution in [2.24, 2.45) is 0 Å². The second kappa shape index (κ2) is 6.58. The summed E-state index contributed by atoms with van der Waals surface area (Å²) in [6.07, 6.45) is 5.19. The molecule has 0 N–H and O–H groups in total. The molecule has 1 unspecified atom stereocenters. The molecule has 1 aliphatic heterocycles. The van der Waals surface area contributed by atoms with Crippen molar-refractivity contribution in [2.75, 3.05) is 6.61 Å². The van der Waals surface area contributed by atoms with Gasteiger partial charge in [0.2, 0.25) is 0 Å². The van der Waals surface area contributed by atoms with Gasteiger partial charge in [0.1, 0.15) is 11.5 Å². The second-order valence-electron chi connectivity index (χ2n) is 5.24. The number of hydrogen-bond acceptors (Lipinski definition) is 2. The lowest BCUT2D eigenvalue weighted by molar-refractivity contribution is -0.0552. The van der Waals surface area contributed by atoms with Crippen LogP contribution in [0, 0.1) is 0 Å². The lowest BCUT2D eigenvalue weighted by Gasteiger charge is -2.26. The van der Waals surface area contributed by atoms with Crippen LogP contribution >= 0.6 is 0 Å². The zero-order chi connectivity index (χ0) is 13.6. The van der Waals surface area contributed by atoms with E-state index in [0.29, 0.717) is 6.10 Å². The molecule has 2 nitrogen and oxygen atoms in total. The first kappa shape index (κ1) is 13.2. The highest BCUT2D eigenvalue weighted by Gasteiger charge is 2.16. The highest BCUT2D eigenvalue weighted by atomic mass is 16.5. The van der Waals surface area contributed by atoms with E-state index in [1.807, 2.05) is 36.4 Å². The molecular weight excluding hydrogens is 248 g/mol. The monoisotopic (exact) mass is 268 g/mol. The minimum absolute atomic E-state index is 0.513. The van der Waals surface area contributed by atoms with Gasteiger partial charge in [-0.2, -0.15) is 0 Å². The Hall–Kier alpha value is -1.80. The molecule has 0 saturated carbocycles. The maximum atomic E-state index is 5.85. The number of rotatable bonds is 6. The fourth-order valence-corrected chi connectivity index (χ4v) is 2.44. The average Bonchev–Trinajstić information content (AvgIpc) is 2.43. The molecule has 0 aliphatic carbocycles. The molecule has 2 aromatic rings. The Kier molecular flexibility index (Phi) is 4.34. The Balaban J connectivity index is 1.55. The molecule has 104 valence electrons. The summed E-state index contributed by atoms with van der Waals surface area (Å²) in [5.74, 6) is 1.79. The van der Waals surface area contributed by atoms with E-state index in [0.717, 1.165) is 24.5 Å². The lowest BCUT2D eigenvalue weighted by Crippen LogP contribution is -2.26. The summed E-state index contributed by atoms with van der Waals surface area (Å²) in [5, 5.41) is 0. The van der Waals surface area contributed by atoms with Crippen LogP contribution in [0.25, 0.3) is 0 Å². The van der Waals surface area contributed by atoms with E-state index in [1.165, 1.54) is 24.8 Å². The first-order valence-corrected chi connectivity index (χ1v) is 7.33. The number of para-hydroxylation sites is 1. The van der Waals surface area contributed by atoms with Crippen LogP contribution in [0.3, 0.4) is 0 Å². The molecule has 1 heterocycles. The van der Waals surface area contributed by atoms with E-state index < -0.39 is 0 Å². The summed E-state index contributed by atoms with van der Waals surface area (Å²) in [6.45, 7) is 0.949. The van der Waals surface area contributed by atoms with Crippen molar-refractivity contribution in [1.82, 2.24) is 0 Å². The summed E-state index contributed by atoms with van der Waals surface area (Å²) in [7, 11) is 0. The van der Waals surface area contributed by atoms with Gasteiger partial charge in [-0.25, -0.2) is 0 Å². The molecule has 0 spiro atoms. The van der Waals surface area contributed by atoms with Crippen molar-refractivity contribution in [3.63, 3.8) is 0 Å². The van der Waals surface area contributed by atoms with E-state index in [2.05, 4.69) is 18.2 Å². The van der Waals surface area contributed by atoms with Crippen LogP contribution in [-0.4, -0.2) is 12.7 Å². The minimum atomic E-state index is 0.513. The average molecular weight is 268 g/mol. The zero-order valence-corrected chi connectivity index (χ0v) is 11.6. The third-order valence-corrected chi connectivity index (χ3v) is 3.66. The zero-order valence-electron chi connectivity index (χ0n) is 11.6. The standard InChI is InChI=1S/C18H20O2/c1-2-8-17(9-3-1)20-18-11-5-7-15(14-18)6-4-10-16-12-13-19-16/h1-3,5,7-9,11,14,16H,4,6,10,12-13H2. The maximum absolute atomic E-state index is 5.85. The summed E-state index contributed by atoms with van der Waals surface area (Å²) in [4.78, 5) is 0. The van der Waals surface area contributed by atoms with Gasteiger partial charge in [-0.3, -0.25) is 0 Å². The Labute approximate surface area is 120 Å². The highest BCUT2D eigenvalue weighted by molar-refractivity contribution is 5.33. The largest absolute Gasteiger partial charge is 0.457 e. The van der Waals surface area contributed by atoms with Crippen LogP contribution in [0.1, 0.15) is 24.8 Å². The quantitative estimate of drug-likeness (QED) is 0.762. The number of benzene rings is 2. The maximum Gasteiger partial charge on any atom is 0.127 e. The Morgan fingerprint density at radius 1 is 1.00 bits per heavy atom. The Morgan fingerprint density at radius 3 is 2.55 bits per heavy atom. The van der Waals surface area contributed by atoms with Crippen molar-refractivity contribution in [3.05, 3.63) is 60.2 Å². The molecule has 2 heteroatoms. The fraction of sp³-hybridized carbons (Fsp3) is 0.333. The van der Waals surface area contributed by atoms with E-state index in [1.54, 1.807) is 0 Å². The SMILES string of the molecule is c1ccc(Oc2cccc(CCCC3CCO3)c2)cc1. The number of hydrogen-bond donors (Lipinski definition) is 0. The molecule has 1 fully saturated rings. The van der Waals surface area contributed by atoms with Gasteiger partial charge in [0.05, 0.1) is 6.10 Å². The Morgan fingerprint density at radius 2 is 1.80 bits per heavy atom. The summed E-state index contributed by atoms with van der Waals surface area (Å²) < 4.78 is 11.3. The molecule has 0 amide bonds. The molecule has 1 atom stereocenters. The van der Waals surface area contributed by atoms with Gasteiger partial charge in [-0.1, -0.05) is 30.3 Å². The first-order chi connectivity index (χ1) is 9.90.